The number of benzene rings is 2. The molecule has 0 aliphatic heterocycles. The van der Waals surface area contributed by atoms with Crippen LogP contribution in [0, 0.1) is 5.92 Å². The molecule has 2 aliphatic carbocycles. The second-order valence-corrected chi connectivity index (χ2v) is 8.88. The molecular weight excluding hydrogens is 452 g/mol. The predicted molar refractivity (Wildman–Crippen MR) is 126 cm³/mol. The molecule has 0 aromatic heterocycles. The number of hydrogen-bond donors (Lipinski definition) is 3. The topological polar surface area (TPSA) is 131 Å². The van der Waals surface area contributed by atoms with Gasteiger partial charge in [-0.05, 0) is 34.6 Å². The fourth-order valence-corrected chi connectivity index (χ4v) is 4.42. The summed E-state index contributed by atoms with van der Waals surface area (Å²) in [6, 6.07) is 13.5. The highest BCUT2D eigenvalue weighted by molar-refractivity contribution is 5.91. The maximum absolute atomic E-state index is 12.8. The Kier molecular flexibility index (Phi) is 7.33. The van der Waals surface area contributed by atoms with Crippen molar-refractivity contribution in [3.8, 4) is 11.1 Å². The van der Waals surface area contributed by atoms with E-state index in [4.69, 9.17) is 4.74 Å². The SMILES string of the molecule is COC(=O)C[C@H](NC(=O)C(CC1CC1)NC(=O)OCC1c2ccccc2-c2ccccc21)C(=O)O. The maximum atomic E-state index is 12.8. The first kappa shape index (κ1) is 24.3. The number of carboxylic acid groups (broad SMARTS) is 1. The molecule has 0 spiro atoms. The molecule has 1 unspecified atom stereocenters. The molecule has 2 amide bonds. The number of carbonyl (C=O) groups is 4. The fraction of sp³-hybridized carbons (Fsp3) is 0.385. The lowest BCUT2D eigenvalue weighted by molar-refractivity contribution is -0.149. The number of amides is 2. The van der Waals surface area contributed by atoms with E-state index in [-0.39, 0.29) is 18.4 Å². The van der Waals surface area contributed by atoms with Crippen LogP contribution < -0.4 is 10.6 Å². The van der Waals surface area contributed by atoms with Crippen molar-refractivity contribution in [2.45, 2.75) is 43.7 Å². The summed E-state index contributed by atoms with van der Waals surface area (Å²) in [5, 5.41) is 14.3. The number of alkyl carbamates (subject to hydrolysis) is 1. The Balaban J connectivity index is 1.40. The van der Waals surface area contributed by atoms with Crippen molar-refractivity contribution in [1.82, 2.24) is 10.6 Å². The number of methoxy groups -OCH3 is 1. The number of fused-ring (bicyclic) bond motifs is 3. The molecule has 2 aromatic rings. The van der Waals surface area contributed by atoms with Crippen molar-refractivity contribution in [2.75, 3.05) is 13.7 Å². The van der Waals surface area contributed by atoms with E-state index >= 15 is 0 Å². The minimum atomic E-state index is -1.46. The lowest BCUT2D eigenvalue weighted by Gasteiger charge is -2.21. The summed E-state index contributed by atoms with van der Waals surface area (Å²) in [5.41, 5.74) is 4.35. The van der Waals surface area contributed by atoms with Crippen LogP contribution in [0.3, 0.4) is 0 Å². The third kappa shape index (κ3) is 5.79. The molecule has 9 heteroatoms. The van der Waals surface area contributed by atoms with E-state index in [0.29, 0.717) is 6.42 Å². The van der Waals surface area contributed by atoms with Crippen molar-refractivity contribution in [1.29, 1.82) is 0 Å². The van der Waals surface area contributed by atoms with Gasteiger partial charge in [0.1, 0.15) is 18.7 Å². The minimum Gasteiger partial charge on any atom is -0.480 e. The van der Waals surface area contributed by atoms with E-state index < -0.39 is 42.4 Å². The fourth-order valence-electron chi connectivity index (χ4n) is 4.42. The monoisotopic (exact) mass is 480 g/mol. The van der Waals surface area contributed by atoms with Crippen molar-refractivity contribution < 1.29 is 33.8 Å². The number of carboxylic acids is 1. The average Bonchev–Trinajstić information content (AvgIpc) is 3.62. The third-order valence-electron chi connectivity index (χ3n) is 6.43. The Bertz CT molecular complexity index is 1080. The zero-order valence-electron chi connectivity index (χ0n) is 19.4. The van der Waals surface area contributed by atoms with Crippen LogP contribution in [0.1, 0.15) is 42.7 Å². The van der Waals surface area contributed by atoms with Gasteiger partial charge in [0.25, 0.3) is 0 Å². The summed E-state index contributed by atoms with van der Waals surface area (Å²) in [5.74, 6) is -2.67. The Morgan fingerprint density at radius 2 is 1.54 bits per heavy atom. The molecule has 0 heterocycles. The zero-order valence-corrected chi connectivity index (χ0v) is 19.4. The minimum absolute atomic E-state index is 0.0950. The number of nitrogens with one attached hydrogen (secondary N) is 2. The lowest BCUT2D eigenvalue weighted by Crippen LogP contribution is -2.52. The number of ether oxygens (including phenoxy) is 2. The summed E-state index contributed by atoms with van der Waals surface area (Å²) in [7, 11) is 1.14. The van der Waals surface area contributed by atoms with Gasteiger partial charge in [-0.25, -0.2) is 9.59 Å². The number of esters is 1. The second-order valence-electron chi connectivity index (χ2n) is 8.88. The van der Waals surface area contributed by atoms with Crippen LogP contribution in [0.5, 0.6) is 0 Å². The molecule has 2 aromatic carbocycles. The van der Waals surface area contributed by atoms with Crippen LogP contribution in [-0.2, 0) is 23.9 Å². The third-order valence-corrected chi connectivity index (χ3v) is 6.43. The summed E-state index contributed by atoms with van der Waals surface area (Å²) >= 11 is 0. The average molecular weight is 481 g/mol. The van der Waals surface area contributed by atoms with Gasteiger partial charge < -0.3 is 25.2 Å². The van der Waals surface area contributed by atoms with Gasteiger partial charge in [0, 0.05) is 5.92 Å². The molecule has 1 saturated carbocycles. The molecule has 35 heavy (non-hydrogen) atoms. The van der Waals surface area contributed by atoms with E-state index in [0.717, 1.165) is 42.2 Å². The molecular formula is C26H28N2O7. The van der Waals surface area contributed by atoms with Crippen LogP contribution in [-0.4, -0.2) is 54.8 Å². The zero-order chi connectivity index (χ0) is 24.9. The standard InChI is InChI=1S/C26H28N2O7/c1-34-23(29)13-22(25(31)32)27-24(30)21(12-15-10-11-15)28-26(33)35-14-20-18-8-4-2-6-16(18)17-7-3-5-9-19(17)20/h2-9,15,20-22H,10-14H2,1H3,(H,27,30)(H,28,33)(H,31,32)/t21?,22-/m0/s1. The normalized spacial score (nSPS) is 15.8. The van der Waals surface area contributed by atoms with E-state index in [2.05, 4.69) is 15.4 Å². The first-order chi connectivity index (χ1) is 16.9. The highest BCUT2D eigenvalue weighted by Gasteiger charge is 2.34. The van der Waals surface area contributed by atoms with E-state index in [1.54, 1.807) is 0 Å². The predicted octanol–water partition coefficient (Wildman–Crippen LogP) is 2.83. The number of aliphatic carboxylic acids is 1. The van der Waals surface area contributed by atoms with Crippen molar-refractivity contribution in [3.63, 3.8) is 0 Å². The number of hydrogen-bond acceptors (Lipinski definition) is 6. The number of rotatable bonds is 10. The smallest absolute Gasteiger partial charge is 0.407 e. The Labute approximate surface area is 202 Å². The van der Waals surface area contributed by atoms with E-state index in [9.17, 15) is 24.3 Å². The lowest BCUT2D eigenvalue weighted by atomic mass is 9.98. The maximum Gasteiger partial charge on any atom is 0.407 e. The molecule has 0 radical (unpaired) electrons. The van der Waals surface area contributed by atoms with Gasteiger partial charge in [0.15, 0.2) is 0 Å². The molecule has 3 N–H and O–H groups in total. The number of carbonyl (C=O) groups excluding carboxylic acids is 3. The quantitative estimate of drug-likeness (QED) is 0.446. The van der Waals surface area contributed by atoms with Gasteiger partial charge >= 0.3 is 18.0 Å². The van der Waals surface area contributed by atoms with Crippen LogP contribution in [0.15, 0.2) is 48.5 Å². The molecule has 0 saturated heterocycles. The summed E-state index contributed by atoms with van der Waals surface area (Å²) in [6.07, 6.45) is 0.952. The largest absolute Gasteiger partial charge is 0.480 e. The van der Waals surface area contributed by atoms with Gasteiger partial charge in [0.2, 0.25) is 5.91 Å². The van der Waals surface area contributed by atoms with Crippen molar-refractivity contribution in [2.24, 2.45) is 5.92 Å². The molecule has 2 atom stereocenters. The van der Waals surface area contributed by atoms with Crippen LogP contribution in [0.2, 0.25) is 0 Å². The summed E-state index contributed by atoms with van der Waals surface area (Å²) < 4.78 is 10.0. The molecule has 4 rings (SSSR count). The Morgan fingerprint density at radius 3 is 2.09 bits per heavy atom. The molecule has 1 fully saturated rings. The highest BCUT2D eigenvalue weighted by Crippen LogP contribution is 2.44. The van der Waals surface area contributed by atoms with E-state index in [1.807, 2.05) is 48.5 Å². The Hall–Kier alpha value is -3.88. The van der Waals surface area contributed by atoms with Crippen LogP contribution in [0.4, 0.5) is 4.79 Å². The van der Waals surface area contributed by atoms with Gasteiger partial charge in [-0.3, -0.25) is 9.59 Å². The summed E-state index contributed by atoms with van der Waals surface area (Å²) in [6.45, 7) is 0.0950. The molecule has 2 aliphatic rings. The van der Waals surface area contributed by atoms with Gasteiger partial charge in [-0.1, -0.05) is 61.4 Å². The van der Waals surface area contributed by atoms with Crippen LogP contribution in [0.25, 0.3) is 11.1 Å². The van der Waals surface area contributed by atoms with Gasteiger partial charge in [0.05, 0.1) is 13.5 Å². The highest BCUT2D eigenvalue weighted by atomic mass is 16.5. The molecule has 9 nitrogen and oxygen atoms in total. The second kappa shape index (κ2) is 10.6. The van der Waals surface area contributed by atoms with Crippen LogP contribution >= 0.6 is 0 Å². The van der Waals surface area contributed by atoms with Gasteiger partial charge in [-0.15, -0.1) is 0 Å². The van der Waals surface area contributed by atoms with E-state index in [1.165, 1.54) is 0 Å². The molecule has 0 bridgehead atoms. The first-order valence-corrected chi connectivity index (χ1v) is 11.6. The van der Waals surface area contributed by atoms with Crippen molar-refractivity contribution >= 4 is 23.9 Å². The van der Waals surface area contributed by atoms with Gasteiger partial charge in [-0.2, -0.15) is 0 Å². The van der Waals surface area contributed by atoms with Crippen molar-refractivity contribution in [3.05, 3.63) is 59.7 Å². The Morgan fingerprint density at radius 1 is 0.943 bits per heavy atom. The molecule has 184 valence electrons. The first-order valence-electron chi connectivity index (χ1n) is 11.6. The summed E-state index contributed by atoms with van der Waals surface area (Å²) in [4.78, 5) is 48.5.